The molecule has 0 aromatic rings. The normalized spacial score (nSPS) is 29.8. The molecule has 0 aromatic heterocycles. The fraction of sp³-hybridized carbons (Fsp3) is 0.636. The number of rotatable bonds is 2. The van der Waals surface area contributed by atoms with Gasteiger partial charge in [-0.2, -0.15) is 0 Å². The van der Waals surface area contributed by atoms with E-state index < -0.39 is 0 Å². The van der Waals surface area contributed by atoms with Gasteiger partial charge in [-0.05, 0) is 37.2 Å². The molecule has 0 aromatic carbocycles. The maximum absolute atomic E-state index is 9.50. The molecule has 1 fully saturated rings. The Morgan fingerprint density at radius 1 is 1.58 bits per heavy atom. The van der Waals surface area contributed by atoms with E-state index in [4.69, 9.17) is 6.42 Å². The van der Waals surface area contributed by atoms with Crippen LogP contribution >= 0.6 is 0 Å². The number of aliphatic hydroxyl groups excluding tert-OH is 1. The monoisotopic (exact) mass is 164 g/mol. The van der Waals surface area contributed by atoms with E-state index in [1.54, 1.807) is 0 Å². The summed E-state index contributed by atoms with van der Waals surface area (Å²) >= 11 is 0. The first kappa shape index (κ1) is 9.35. The van der Waals surface area contributed by atoms with Crippen LogP contribution in [0.3, 0.4) is 0 Å². The molecule has 0 saturated heterocycles. The second-order valence-corrected chi connectivity index (χ2v) is 3.46. The Balaban J connectivity index is 2.42. The molecule has 0 amide bonds. The minimum Gasteiger partial charge on any atom is -0.389 e. The smallest absolute Gasteiger partial charge is 0.0750 e. The summed E-state index contributed by atoms with van der Waals surface area (Å²) in [6.45, 7) is 3.91. The molecule has 0 aliphatic heterocycles. The fourth-order valence-electron chi connectivity index (χ4n) is 1.79. The van der Waals surface area contributed by atoms with Crippen LogP contribution in [0, 0.1) is 18.3 Å². The zero-order valence-corrected chi connectivity index (χ0v) is 7.42. The van der Waals surface area contributed by atoms with Crippen molar-refractivity contribution in [1.82, 2.24) is 0 Å². The Kier molecular flexibility index (Phi) is 3.37. The molecular weight excluding hydrogens is 148 g/mol. The number of terminal acetylenes is 1. The fourth-order valence-corrected chi connectivity index (χ4v) is 1.79. The van der Waals surface area contributed by atoms with Crippen molar-refractivity contribution in [2.75, 3.05) is 0 Å². The maximum Gasteiger partial charge on any atom is 0.0750 e. The van der Waals surface area contributed by atoms with Crippen LogP contribution < -0.4 is 0 Å². The van der Waals surface area contributed by atoms with Gasteiger partial charge in [-0.15, -0.1) is 12.3 Å². The zero-order valence-electron chi connectivity index (χ0n) is 7.42. The molecule has 1 nitrogen and oxygen atoms in total. The highest BCUT2D eigenvalue weighted by molar-refractivity contribution is 5.10. The molecule has 1 heteroatoms. The van der Waals surface area contributed by atoms with Gasteiger partial charge in [0, 0.05) is 6.42 Å². The molecule has 0 unspecified atom stereocenters. The van der Waals surface area contributed by atoms with Crippen molar-refractivity contribution >= 4 is 0 Å². The lowest BCUT2D eigenvalue weighted by molar-refractivity contribution is 0.158. The SMILES string of the molecule is C#CCC[C@@H]1CCC[C@@H](O)C1=C. The molecule has 2 atom stereocenters. The lowest BCUT2D eigenvalue weighted by Crippen LogP contribution is -2.22. The van der Waals surface area contributed by atoms with Gasteiger partial charge >= 0.3 is 0 Å². The predicted octanol–water partition coefficient (Wildman–Crippen LogP) is 2.12. The molecule has 1 rings (SSSR count). The topological polar surface area (TPSA) is 20.2 Å². The summed E-state index contributed by atoms with van der Waals surface area (Å²) in [7, 11) is 0. The summed E-state index contributed by atoms with van der Waals surface area (Å²) in [6, 6.07) is 0. The Morgan fingerprint density at radius 3 is 3.00 bits per heavy atom. The first-order chi connectivity index (χ1) is 5.75. The molecule has 0 bridgehead atoms. The Hall–Kier alpha value is -0.740. The second kappa shape index (κ2) is 4.33. The predicted molar refractivity (Wildman–Crippen MR) is 50.6 cm³/mol. The molecule has 0 heterocycles. The van der Waals surface area contributed by atoms with E-state index in [9.17, 15) is 5.11 Å². The van der Waals surface area contributed by atoms with E-state index in [0.717, 1.165) is 37.7 Å². The van der Waals surface area contributed by atoms with Gasteiger partial charge < -0.3 is 5.11 Å². The Morgan fingerprint density at radius 2 is 2.33 bits per heavy atom. The number of hydrogen-bond acceptors (Lipinski definition) is 1. The number of aliphatic hydroxyl groups is 1. The van der Waals surface area contributed by atoms with Crippen LogP contribution in [-0.2, 0) is 0 Å². The molecule has 0 spiro atoms. The van der Waals surface area contributed by atoms with Crippen molar-refractivity contribution in [3.63, 3.8) is 0 Å². The Bertz CT molecular complexity index is 200. The van der Waals surface area contributed by atoms with E-state index in [0.29, 0.717) is 5.92 Å². The van der Waals surface area contributed by atoms with Crippen LogP contribution in [0.4, 0.5) is 0 Å². The van der Waals surface area contributed by atoms with Crippen molar-refractivity contribution in [3.05, 3.63) is 12.2 Å². The molecular formula is C11H16O. The molecule has 1 saturated carbocycles. The highest BCUT2D eigenvalue weighted by atomic mass is 16.3. The standard InChI is InChI=1S/C11H16O/c1-3-4-6-10-7-5-8-11(12)9(10)2/h1,10-12H,2,4-8H2/t10-,11-/m1/s1. The lowest BCUT2D eigenvalue weighted by atomic mass is 9.81. The van der Waals surface area contributed by atoms with E-state index in [1.165, 1.54) is 0 Å². The van der Waals surface area contributed by atoms with Crippen molar-refractivity contribution in [1.29, 1.82) is 0 Å². The zero-order chi connectivity index (χ0) is 8.97. The van der Waals surface area contributed by atoms with Crippen molar-refractivity contribution in [2.45, 2.75) is 38.2 Å². The third kappa shape index (κ3) is 2.12. The van der Waals surface area contributed by atoms with Gasteiger partial charge in [0.05, 0.1) is 6.10 Å². The molecule has 12 heavy (non-hydrogen) atoms. The van der Waals surface area contributed by atoms with Crippen LogP contribution in [0.5, 0.6) is 0 Å². The third-order valence-corrected chi connectivity index (χ3v) is 2.62. The van der Waals surface area contributed by atoms with Crippen LogP contribution in [0.1, 0.15) is 32.1 Å². The molecule has 66 valence electrons. The van der Waals surface area contributed by atoms with E-state index in [2.05, 4.69) is 12.5 Å². The van der Waals surface area contributed by atoms with Crippen LogP contribution in [-0.4, -0.2) is 11.2 Å². The lowest BCUT2D eigenvalue weighted by Gasteiger charge is -2.28. The summed E-state index contributed by atoms with van der Waals surface area (Å²) in [6.07, 6.45) is 9.84. The van der Waals surface area contributed by atoms with E-state index in [-0.39, 0.29) is 6.10 Å². The highest BCUT2D eigenvalue weighted by Crippen LogP contribution is 2.31. The maximum atomic E-state index is 9.50. The summed E-state index contributed by atoms with van der Waals surface area (Å²) in [5.74, 6) is 3.09. The van der Waals surface area contributed by atoms with Crippen LogP contribution in [0.25, 0.3) is 0 Å². The van der Waals surface area contributed by atoms with Gasteiger partial charge in [-0.1, -0.05) is 6.58 Å². The highest BCUT2D eigenvalue weighted by Gasteiger charge is 2.23. The van der Waals surface area contributed by atoms with Crippen molar-refractivity contribution < 1.29 is 5.11 Å². The van der Waals surface area contributed by atoms with Gasteiger partial charge in [0.2, 0.25) is 0 Å². The summed E-state index contributed by atoms with van der Waals surface area (Å²) < 4.78 is 0. The second-order valence-electron chi connectivity index (χ2n) is 3.46. The van der Waals surface area contributed by atoms with Gasteiger partial charge in [0.15, 0.2) is 0 Å². The van der Waals surface area contributed by atoms with Gasteiger partial charge in [0.25, 0.3) is 0 Å². The molecule has 1 aliphatic rings. The van der Waals surface area contributed by atoms with Crippen molar-refractivity contribution in [3.8, 4) is 12.3 Å². The molecule has 0 radical (unpaired) electrons. The largest absolute Gasteiger partial charge is 0.389 e. The van der Waals surface area contributed by atoms with Gasteiger partial charge in [-0.3, -0.25) is 0 Å². The van der Waals surface area contributed by atoms with Crippen LogP contribution in [0.2, 0.25) is 0 Å². The van der Waals surface area contributed by atoms with Crippen molar-refractivity contribution in [2.24, 2.45) is 5.92 Å². The first-order valence-corrected chi connectivity index (χ1v) is 4.56. The average Bonchev–Trinajstić information content (AvgIpc) is 2.08. The quantitative estimate of drug-likeness (QED) is 0.489. The minimum absolute atomic E-state index is 0.276. The third-order valence-electron chi connectivity index (χ3n) is 2.62. The van der Waals surface area contributed by atoms with E-state index in [1.807, 2.05) is 0 Å². The summed E-state index contributed by atoms with van der Waals surface area (Å²) in [5, 5.41) is 9.50. The minimum atomic E-state index is -0.276. The average molecular weight is 164 g/mol. The van der Waals surface area contributed by atoms with Gasteiger partial charge in [-0.25, -0.2) is 0 Å². The summed E-state index contributed by atoms with van der Waals surface area (Å²) in [5.41, 5.74) is 0.997. The molecule has 1 aliphatic carbocycles. The number of hydrogen-bond donors (Lipinski definition) is 1. The Labute approximate surface area is 74.5 Å². The van der Waals surface area contributed by atoms with Crippen LogP contribution in [0.15, 0.2) is 12.2 Å². The summed E-state index contributed by atoms with van der Waals surface area (Å²) in [4.78, 5) is 0. The van der Waals surface area contributed by atoms with Gasteiger partial charge in [0.1, 0.15) is 0 Å². The van der Waals surface area contributed by atoms with E-state index >= 15 is 0 Å². The molecule has 1 N–H and O–H groups in total. The first-order valence-electron chi connectivity index (χ1n) is 4.56.